The van der Waals surface area contributed by atoms with Crippen molar-refractivity contribution in [3.63, 3.8) is 0 Å². The molecule has 0 amide bonds. The lowest BCUT2D eigenvalue weighted by Crippen LogP contribution is -2.29. The van der Waals surface area contributed by atoms with E-state index in [-0.39, 0.29) is 5.75 Å². The van der Waals surface area contributed by atoms with E-state index in [0.717, 1.165) is 12.8 Å². The molecule has 0 aliphatic heterocycles. The molecule has 0 aromatic carbocycles. The average molecular weight is 362 g/mol. The molecule has 0 bridgehead atoms. The highest BCUT2D eigenvalue weighted by Crippen LogP contribution is 2.13. The van der Waals surface area contributed by atoms with Crippen molar-refractivity contribution in [2.45, 2.75) is 111 Å². The minimum absolute atomic E-state index is 0.289. The molecule has 0 aromatic rings. The van der Waals surface area contributed by atoms with Crippen LogP contribution in [0.2, 0.25) is 0 Å². The minimum atomic E-state index is -3.04. The average Bonchev–Trinajstić information content (AvgIpc) is 2.53. The van der Waals surface area contributed by atoms with E-state index in [0.29, 0.717) is 12.5 Å². The Morgan fingerprint density at radius 1 is 0.667 bits per heavy atom. The van der Waals surface area contributed by atoms with Gasteiger partial charge in [-0.15, -0.1) is 0 Å². The third kappa shape index (κ3) is 18.3. The lowest BCUT2D eigenvalue weighted by atomic mass is 10.0. The van der Waals surface area contributed by atoms with Crippen molar-refractivity contribution in [3.8, 4) is 0 Å². The van der Waals surface area contributed by atoms with Gasteiger partial charge in [0.2, 0.25) is 10.0 Å². The second-order valence-corrected chi connectivity index (χ2v) is 9.58. The number of hydrogen-bond donors (Lipinski definition) is 1. The van der Waals surface area contributed by atoms with Gasteiger partial charge in [0.05, 0.1) is 5.75 Å². The van der Waals surface area contributed by atoms with Crippen LogP contribution in [0.25, 0.3) is 0 Å². The molecular formula is C20H43NO2S. The Bertz CT molecular complexity index is 353. The zero-order chi connectivity index (χ0) is 18.1. The van der Waals surface area contributed by atoms with Gasteiger partial charge < -0.3 is 0 Å². The fraction of sp³-hybridized carbons (Fsp3) is 1.00. The minimum Gasteiger partial charge on any atom is -0.215 e. The van der Waals surface area contributed by atoms with Crippen LogP contribution >= 0.6 is 0 Å². The van der Waals surface area contributed by atoms with E-state index in [2.05, 4.69) is 11.6 Å². The first-order valence-electron chi connectivity index (χ1n) is 10.4. The van der Waals surface area contributed by atoms with E-state index >= 15 is 0 Å². The van der Waals surface area contributed by atoms with Crippen LogP contribution in [-0.4, -0.2) is 20.7 Å². The van der Waals surface area contributed by atoms with Crippen LogP contribution in [0.1, 0.15) is 111 Å². The van der Waals surface area contributed by atoms with E-state index in [1.807, 2.05) is 13.8 Å². The Labute approximate surface area is 152 Å². The molecule has 24 heavy (non-hydrogen) atoms. The maximum Gasteiger partial charge on any atom is 0.211 e. The number of nitrogens with one attached hydrogen (secondary N) is 1. The summed E-state index contributed by atoms with van der Waals surface area (Å²) in [4.78, 5) is 0. The van der Waals surface area contributed by atoms with Crippen molar-refractivity contribution < 1.29 is 8.42 Å². The highest BCUT2D eigenvalue weighted by atomic mass is 32.2. The largest absolute Gasteiger partial charge is 0.215 e. The van der Waals surface area contributed by atoms with Crippen molar-refractivity contribution >= 4 is 10.0 Å². The van der Waals surface area contributed by atoms with Crippen LogP contribution in [0, 0.1) is 5.92 Å². The number of rotatable bonds is 18. The van der Waals surface area contributed by atoms with Gasteiger partial charge in [-0.25, -0.2) is 13.1 Å². The summed E-state index contributed by atoms with van der Waals surface area (Å²) < 4.78 is 26.2. The molecule has 0 saturated heterocycles. The molecule has 0 atom stereocenters. The van der Waals surface area contributed by atoms with E-state index < -0.39 is 10.0 Å². The topological polar surface area (TPSA) is 46.2 Å². The SMILES string of the molecule is CCCCCCCCCCCCCCCCS(=O)(=O)NCC(C)C. The van der Waals surface area contributed by atoms with Gasteiger partial charge in [0.25, 0.3) is 0 Å². The monoisotopic (exact) mass is 361 g/mol. The van der Waals surface area contributed by atoms with E-state index in [1.165, 1.54) is 77.0 Å². The van der Waals surface area contributed by atoms with Crippen molar-refractivity contribution in [2.24, 2.45) is 5.92 Å². The van der Waals surface area contributed by atoms with Gasteiger partial charge in [-0.1, -0.05) is 104 Å². The van der Waals surface area contributed by atoms with Gasteiger partial charge in [0, 0.05) is 6.54 Å². The van der Waals surface area contributed by atoms with Gasteiger partial charge in [0.1, 0.15) is 0 Å². The fourth-order valence-corrected chi connectivity index (χ4v) is 4.17. The standard InChI is InChI=1S/C20H43NO2S/c1-4-5-6-7-8-9-10-11-12-13-14-15-16-17-18-24(22,23)21-19-20(2)3/h20-21H,4-19H2,1-3H3. The van der Waals surface area contributed by atoms with Gasteiger partial charge >= 0.3 is 0 Å². The van der Waals surface area contributed by atoms with Gasteiger partial charge in [-0.05, 0) is 12.3 Å². The lowest BCUT2D eigenvalue weighted by Gasteiger charge is -2.08. The Morgan fingerprint density at radius 3 is 1.42 bits per heavy atom. The summed E-state index contributed by atoms with van der Waals surface area (Å²) in [5.74, 6) is 0.661. The first-order valence-corrected chi connectivity index (χ1v) is 12.1. The Kier molecular flexibility index (Phi) is 16.3. The molecule has 0 unspecified atom stereocenters. The summed E-state index contributed by atoms with van der Waals surface area (Å²) in [7, 11) is -3.04. The predicted molar refractivity (Wildman–Crippen MR) is 107 cm³/mol. The number of sulfonamides is 1. The van der Waals surface area contributed by atoms with E-state index in [4.69, 9.17) is 0 Å². The summed E-state index contributed by atoms with van der Waals surface area (Å²) in [6, 6.07) is 0. The van der Waals surface area contributed by atoms with Crippen LogP contribution < -0.4 is 4.72 Å². The van der Waals surface area contributed by atoms with Crippen molar-refractivity contribution in [1.29, 1.82) is 0 Å². The molecule has 146 valence electrons. The molecular weight excluding hydrogens is 318 g/mol. The summed E-state index contributed by atoms with van der Waals surface area (Å²) in [5.41, 5.74) is 0. The van der Waals surface area contributed by atoms with Crippen LogP contribution in [0.4, 0.5) is 0 Å². The molecule has 0 aromatic heterocycles. The van der Waals surface area contributed by atoms with Crippen LogP contribution in [0.5, 0.6) is 0 Å². The Balaban J connectivity index is 3.25. The Hall–Kier alpha value is -0.0900. The normalized spacial score (nSPS) is 12.2. The molecule has 0 fully saturated rings. The van der Waals surface area contributed by atoms with Crippen molar-refractivity contribution in [1.82, 2.24) is 4.72 Å². The third-order valence-electron chi connectivity index (χ3n) is 4.48. The molecule has 0 aliphatic carbocycles. The van der Waals surface area contributed by atoms with E-state index in [9.17, 15) is 8.42 Å². The maximum absolute atomic E-state index is 11.7. The maximum atomic E-state index is 11.7. The molecule has 4 heteroatoms. The van der Waals surface area contributed by atoms with Crippen LogP contribution in [0.3, 0.4) is 0 Å². The van der Waals surface area contributed by atoms with Crippen LogP contribution in [0.15, 0.2) is 0 Å². The van der Waals surface area contributed by atoms with Crippen molar-refractivity contribution in [2.75, 3.05) is 12.3 Å². The molecule has 0 heterocycles. The fourth-order valence-electron chi connectivity index (χ4n) is 2.85. The van der Waals surface area contributed by atoms with Crippen molar-refractivity contribution in [3.05, 3.63) is 0 Å². The molecule has 0 saturated carbocycles. The number of hydrogen-bond acceptors (Lipinski definition) is 2. The lowest BCUT2D eigenvalue weighted by molar-refractivity contribution is 0.535. The Morgan fingerprint density at radius 2 is 1.04 bits per heavy atom. The zero-order valence-electron chi connectivity index (χ0n) is 16.6. The predicted octanol–water partition coefficient (Wildman–Crippen LogP) is 6.04. The molecule has 0 spiro atoms. The molecule has 1 N–H and O–H groups in total. The molecule has 0 aliphatic rings. The summed E-state index contributed by atoms with van der Waals surface area (Å²) in [5, 5.41) is 0. The summed E-state index contributed by atoms with van der Waals surface area (Å²) in [6.45, 7) is 6.87. The first-order chi connectivity index (χ1) is 11.5. The van der Waals surface area contributed by atoms with E-state index in [1.54, 1.807) is 0 Å². The highest BCUT2D eigenvalue weighted by Gasteiger charge is 2.09. The second-order valence-electron chi connectivity index (χ2n) is 7.66. The smallest absolute Gasteiger partial charge is 0.211 e. The van der Waals surface area contributed by atoms with Gasteiger partial charge in [-0.3, -0.25) is 0 Å². The molecule has 3 nitrogen and oxygen atoms in total. The molecule has 0 radical (unpaired) electrons. The quantitative estimate of drug-likeness (QED) is 0.302. The van der Waals surface area contributed by atoms with Gasteiger partial charge in [0.15, 0.2) is 0 Å². The first kappa shape index (κ1) is 23.9. The summed E-state index contributed by atoms with van der Waals surface area (Å²) in [6.07, 6.45) is 18.1. The highest BCUT2D eigenvalue weighted by molar-refractivity contribution is 7.89. The zero-order valence-corrected chi connectivity index (χ0v) is 17.4. The van der Waals surface area contributed by atoms with Gasteiger partial charge in [-0.2, -0.15) is 0 Å². The third-order valence-corrected chi connectivity index (χ3v) is 5.91. The number of unbranched alkanes of at least 4 members (excludes halogenated alkanes) is 13. The summed E-state index contributed by atoms with van der Waals surface area (Å²) >= 11 is 0. The second kappa shape index (κ2) is 16.4. The molecule has 0 rings (SSSR count). The van der Waals surface area contributed by atoms with Crippen LogP contribution in [-0.2, 0) is 10.0 Å².